The fourth-order valence-corrected chi connectivity index (χ4v) is 2.41. The summed E-state index contributed by atoms with van der Waals surface area (Å²) in [7, 11) is 0. The van der Waals surface area contributed by atoms with E-state index in [1.807, 2.05) is 61.5 Å². The summed E-state index contributed by atoms with van der Waals surface area (Å²) in [6.45, 7) is 2.03. The van der Waals surface area contributed by atoms with Crippen molar-refractivity contribution in [2.75, 3.05) is 0 Å². The third-order valence-corrected chi connectivity index (χ3v) is 3.55. The second-order valence-electron chi connectivity index (χ2n) is 4.91. The molecule has 0 aliphatic carbocycles. The van der Waals surface area contributed by atoms with Crippen molar-refractivity contribution in [1.82, 2.24) is 4.98 Å². The van der Waals surface area contributed by atoms with Crippen molar-refractivity contribution in [3.05, 3.63) is 77.5 Å². The molecule has 0 radical (unpaired) electrons. The lowest BCUT2D eigenvalue weighted by Gasteiger charge is -2.07. The molecule has 2 nitrogen and oxygen atoms in total. The number of aryl methyl sites for hydroxylation is 1. The lowest BCUT2D eigenvalue weighted by atomic mass is 9.98. The molecule has 0 unspecified atom stereocenters. The number of pyridine rings is 1. The summed E-state index contributed by atoms with van der Waals surface area (Å²) in [4.78, 5) is 16.9. The molecule has 20 heavy (non-hydrogen) atoms. The number of aromatic nitrogens is 1. The highest BCUT2D eigenvalue weighted by atomic mass is 16.1. The standard InChI is InChI=1S/C18H15NO/c1-13-6-2-3-7-15(13)12-17(20)16-10-4-8-14-9-5-11-19-18(14)16/h2-11H,12H2,1H3. The van der Waals surface area contributed by atoms with E-state index < -0.39 is 0 Å². The minimum absolute atomic E-state index is 0.114. The number of hydrogen-bond acceptors (Lipinski definition) is 2. The van der Waals surface area contributed by atoms with Crippen molar-refractivity contribution >= 4 is 16.7 Å². The van der Waals surface area contributed by atoms with Crippen molar-refractivity contribution in [2.45, 2.75) is 13.3 Å². The Labute approximate surface area is 118 Å². The highest BCUT2D eigenvalue weighted by Crippen LogP contribution is 2.19. The predicted octanol–water partition coefficient (Wildman–Crippen LogP) is 3.97. The molecule has 0 aliphatic heterocycles. The Morgan fingerprint density at radius 2 is 1.80 bits per heavy atom. The van der Waals surface area contributed by atoms with Gasteiger partial charge in [-0.25, -0.2) is 0 Å². The average molecular weight is 261 g/mol. The minimum Gasteiger partial charge on any atom is -0.294 e. The van der Waals surface area contributed by atoms with Gasteiger partial charge in [0.1, 0.15) is 0 Å². The maximum absolute atomic E-state index is 12.5. The maximum Gasteiger partial charge on any atom is 0.169 e. The van der Waals surface area contributed by atoms with Crippen LogP contribution in [0, 0.1) is 6.92 Å². The first kappa shape index (κ1) is 12.5. The van der Waals surface area contributed by atoms with E-state index in [-0.39, 0.29) is 5.78 Å². The topological polar surface area (TPSA) is 30.0 Å². The monoisotopic (exact) mass is 261 g/mol. The number of Topliss-reactive ketones (excluding diaryl/α,β-unsaturated/α-hetero) is 1. The molecule has 1 aromatic heterocycles. The van der Waals surface area contributed by atoms with E-state index in [1.165, 1.54) is 0 Å². The summed E-state index contributed by atoms with van der Waals surface area (Å²) in [6.07, 6.45) is 2.15. The molecule has 0 spiro atoms. The second kappa shape index (κ2) is 5.25. The SMILES string of the molecule is Cc1ccccc1CC(=O)c1cccc2cccnc12. The zero-order valence-corrected chi connectivity index (χ0v) is 11.3. The number of carbonyl (C=O) groups excluding carboxylic acids is 1. The molecule has 0 aliphatic rings. The molecule has 1 heterocycles. The van der Waals surface area contributed by atoms with Crippen LogP contribution in [0.25, 0.3) is 10.9 Å². The maximum atomic E-state index is 12.5. The summed E-state index contributed by atoms with van der Waals surface area (Å²) in [5.74, 6) is 0.114. The van der Waals surface area contributed by atoms with Gasteiger partial charge in [-0.1, -0.05) is 42.5 Å². The molecule has 0 fully saturated rings. The molecule has 0 atom stereocenters. The summed E-state index contributed by atoms with van der Waals surface area (Å²) in [5, 5.41) is 1.00. The third-order valence-electron chi connectivity index (χ3n) is 3.55. The van der Waals surface area contributed by atoms with E-state index in [0.717, 1.165) is 22.0 Å². The molecule has 0 saturated heterocycles. The van der Waals surface area contributed by atoms with Crippen LogP contribution in [-0.2, 0) is 6.42 Å². The molecule has 0 saturated carbocycles. The first-order chi connectivity index (χ1) is 9.75. The van der Waals surface area contributed by atoms with E-state index in [1.54, 1.807) is 6.20 Å². The number of nitrogens with zero attached hydrogens (tertiary/aromatic N) is 1. The van der Waals surface area contributed by atoms with E-state index >= 15 is 0 Å². The van der Waals surface area contributed by atoms with Crippen LogP contribution in [0.3, 0.4) is 0 Å². The highest BCUT2D eigenvalue weighted by molar-refractivity contribution is 6.07. The van der Waals surface area contributed by atoms with Gasteiger partial charge in [0.05, 0.1) is 5.52 Å². The molecule has 0 bridgehead atoms. The van der Waals surface area contributed by atoms with Crippen LogP contribution in [0.2, 0.25) is 0 Å². The Kier molecular flexibility index (Phi) is 3.30. The van der Waals surface area contributed by atoms with Gasteiger partial charge in [0.15, 0.2) is 5.78 Å². The normalized spacial score (nSPS) is 10.7. The van der Waals surface area contributed by atoms with Crippen LogP contribution in [0.15, 0.2) is 60.8 Å². The van der Waals surface area contributed by atoms with Crippen LogP contribution in [-0.4, -0.2) is 10.8 Å². The van der Waals surface area contributed by atoms with Gasteiger partial charge in [0.25, 0.3) is 0 Å². The Bertz CT molecular complexity index is 772. The Balaban J connectivity index is 1.99. The quantitative estimate of drug-likeness (QED) is 0.668. The predicted molar refractivity (Wildman–Crippen MR) is 81.0 cm³/mol. The molecule has 2 heteroatoms. The Morgan fingerprint density at radius 3 is 2.65 bits per heavy atom. The van der Waals surface area contributed by atoms with E-state index in [4.69, 9.17) is 0 Å². The Hall–Kier alpha value is -2.48. The van der Waals surface area contributed by atoms with Crippen LogP contribution in [0.1, 0.15) is 21.5 Å². The van der Waals surface area contributed by atoms with Gasteiger partial charge in [-0.15, -0.1) is 0 Å². The number of carbonyl (C=O) groups is 1. The number of benzene rings is 2. The molecular weight excluding hydrogens is 246 g/mol. The zero-order chi connectivity index (χ0) is 13.9. The first-order valence-electron chi connectivity index (χ1n) is 6.67. The van der Waals surface area contributed by atoms with Crippen LogP contribution < -0.4 is 0 Å². The summed E-state index contributed by atoms with van der Waals surface area (Å²) < 4.78 is 0. The fraction of sp³-hybridized carbons (Fsp3) is 0.111. The molecular formula is C18H15NO. The van der Waals surface area contributed by atoms with Crippen molar-refractivity contribution < 1.29 is 4.79 Å². The van der Waals surface area contributed by atoms with Gasteiger partial charge >= 0.3 is 0 Å². The van der Waals surface area contributed by atoms with Gasteiger partial charge in [-0.2, -0.15) is 0 Å². The van der Waals surface area contributed by atoms with E-state index in [9.17, 15) is 4.79 Å². The van der Waals surface area contributed by atoms with Gasteiger partial charge in [0.2, 0.25) is 0 Å². The van der Waals surface area contributed by atoms with Gasteiger partial charge in [-0.05, 0) is 30.2 Å². The van der Waals surface area contributed by atoms with E-state index in [2.05, 4.69) is 4.98 Å². The van der Waals surface area contributed by atoms with Crippen molar-refractivity contribution in [3.8, 4) is 0 Å². The molecule has 3 aromatic rings. The molecule has 3 rings (SSSR count). The van der Waals surface area contributed by atoms with E-state index in [0.29, 0.717) is 12.0 Å². The molecule has 0 amide bonds. The zero-order valence-electron chi connectivity index (χ0n) is 11.3. The van der Waals surface area contributed by atoms with Crippen molar-refractivity contribution in [2.24, 2.45) is 0 Å². The number of ketones is 1. The third kappa shape index (κ3) is 2.32. The number of rotatable bonds is 3. The highest BCUT2D eigenvalue weighted by Gasteiger charge is 2.12. The van der Waals surface area contributed by atoms with Crippen molar-refractivity contribution in [1.29, 1.82) is 0 Å². The number of fused-ring (bicyclic) bond motifs is 1. The van der Waals surface area contributed by atoms with Crippen LogP contribution in [0.5, 0.6) is 0 Å². The van der Waals surface area contributed by atoms with Gasteiger partial charge in [0, 0.05) is 23.6 Å². The number of para-hydroxylation sites is 1. The average Bonchev–Trinajstić information content (AvgIpc) is 2.49. The largest absolute Gasteiger partial charge is 0.294 e. The lowest BCUT2D eigenvalue weighted by Crippen LogP contribution is -2.06. The molecule has 2 aromatic carbocycles. The summed E-state index contributed by atoms with van der Waals surface area (Å²) in [5.41, 5.74) is 3.71. The second-order valence-corrected chi connectivity index (χ2v) is 4.91. The summed E-state index contributed by atoms with van der Waals surface area (Å²) in [6, 6.07) is 17.6. The molecule has 98 valence electrons. The minimum atomic E-state index is 0.114. The Morgan fingerprint density at radius 1 is 1.00 bits per heavy atom. The van der Waals surface area contributed by atoms with Crippen LogP contribution >= 0.6 is 0 Å². The smallest absolute Gasteiger partial charge is 0.169 e. The van der Waals surface area contributed by atoms with Gasteiger partial charge < -0.3 is 0 Å². The van der Waals surface area contributed by atoms with Gasteiger partial charge in [-0.3, -0.25) is 9.78 Å². The lowest BCUT2D eigenvalue weighted by molar-refractivity contribution is 0.0994. The van der Waals surface area contributed by atoms with Crippen molar-refractivity contribution in [3.63, 3.8) is 0 Å². The summed E-state index contributed by atoms with van der Waals surface area (Å²) >= 11 is 0. The fourth-order valence-electron chi connectivity index (χ4n) is 2.41. The first-order valence-corrected chi connectivity index (χ1v) is 6.67. The van der Waals surface area contributed by atoms with Crippen LogP contribution in [0.4, 0.5) is 0 Å². The molecule has 0 N–H and O–H groups in total. The number of hydrogen-bond donors (Lipinski definition) is 0.